The van der Waals surface area contributed by atoms with Gasteiger partial charge in [-0.15, -0.1) is 0 Å². The molecular weight excluding hydrogens is 260 g/mol. The summed E-state index contributed by atoms with van der Waals surface area (Å²) in [6, 6.07) is 5.09. The molecule has 2 aromatic heterocycles. The molecule has 0 spiro atoms. The van der Waals surface area contributed by atoms with Crippen molar-refractivity contribution in [3.63, 3.8) is 0 Å². The average Bonchev–Trinajstić information content (AvgIpc) is 2.70. The summed E-state index contributed by atoms with van der Waals surface area (Å²) in [5, 5.41) is 8.89. The van der Waals surface area contributed by atoms with Gasteiger partial charge in [0.25, 0.3) is 5.91 Å². The number of carbonyl (C=O) groups is 1. The first-order valence-electron chi connectivity index (χ1n) is 4.18. The number of anilines is 1. The molecule has 0 saturated heterocycles. The number of hydrogen-bond donors (Lipinski definition) is 2. The highest BCUT2D eigenvalue weighted by atomic mass is 79.9. The van der Waals surface area contributed by atoms with Crippen LogP contribution in [0.5, 0.6) is 0 Å². The molecule has 0 unspecified atom stereocenters. The van der Waals surface area contributed by atoms with Gasteiger partial charge >= 0.3 is 0 Å². The Labute approximate surface area is 94.0 Å². The third-order valence-electron chi connectivity index (χ3n) is 1.71. The zero-order valence-corrected chi connectivity index (χ0v) is 9.15. The molecule has 5 nitrogen and oxygen atoms in total. The molecule has 0 bridgehead atoms. The largest absolute Gasteiger partial charge is 0.305 e. The van der Waals surface area contributed by atoms with Gasteiger partial charge in [0, 0.05) is 16.9 Å². The number of halogens is 1. The second kappa shape index (κ2) is 4.22. The van der Waals surface area contributed by atoms with E-state index in [2.05, 4.69) is 36.4 Å². The van der Waals surface area contributed by atoms with E-state index in [0.29, 0.717) is 11.5 Å². The van der Waals surface area contributed by atoms with Crippen LogP contribution in [0.25, 0.3) is 0 Å². The fourth-order valence-electron chi connectivity index (χ4n) is 1.04. The third kappa shape index (κ3) is 2.41. The molecular formula is C9H7BrN4O. The minimum absolute atomic E-state index is 0.266. The Kier molecular flexibility index (Phi) is 2.77. The molecule has 0 radical (unpaired) electrons. The van der Waals surface area contributed by atoms with Crippen LogP contribution in [0.1, 0.15) is 10.5 Å². The molecule has 0 fully saturated rings. The number of nitrogens with one attached hydrogen (secondary N) is 2. The molecule has 15 heavy (non-hydrogen) atoms. The van der Waals surface area contributed by atoms with Gasteiger partial charge in [-0.2, -0.15) is 5.10 Å². The Hall–Kier alpha value is -1.69. The van der Waals surface area contributed by atoms with E-state index < -0.39 is 0 Å². The lowest BCUT2D eigenvalue weighted by Crippen LogP contribution is -2.13. The van der Waals surface area contributed by atoms with E-state index in [1.165, 1.54) is 6.20 Å². The highest BCUT2D eigenvalue weighted by Crippen LogP contribution is 2.13. The average molecular weight is 267 g/mol. The standard InChI is InChI=1S/C9H7BrN4O/c10-6-1-3-11-8(5-6)13-9(15)7-2-4-12-14-7/h1-5H,(H,12,14)(H,11,13,15). The van der Waals surface area contributed by atoms with Crippen LogP contribution >= 0.6 is 15.9 Å². The number of pyridine rings is 1. The number of carbonyl (C=O) groups excluding carboxylic acids is 1. The highest BCUT2D eigenvalue weighted by Gasteiger charge is 2.07. The molecule has 0 aliphatic carbocycles. The summed E-state index contributed by atoms with van der Waals surface area (Å²) in [5.41, 5.74) is 0.400. The van der Waals surface area contributed by atoms with Crippen LogP contribution in [0.4, 0.5) is 5.82 Å². The Balaban J connectivity index is 2.13. The number of aromatic nitrogens is 3. The number of H-pyrrole nitrogens is 1. The predicted octanol–water partition coefficient (Wildman–Crippen LogP) is 1.82. The summed E-state index contributed by atoms with van der Waals surface area (Å²) in [4.78, 5) is 15.5. The van der Waals surface area contributed by atoms with Gasteiger partial charge in [0.15, 0.2) is 0 Å². The Bertz CT molecular complexity index is 469. The van der Waals surface area contributed by atoms with Crippen molar-refractivity contribution in [2.75, 3.05) is 5.32 Å². The van der Waals surface area contributed by atoms with Crippen LogP contribution in [-0.4, -0.2) is 21.1 Å². The van der Waals surface area contributed by atoms with Gasteiger partial charge in [0.1, 0.15) is 11.5 Å². The minimum atomic E-state index is -0.266. The van der Waals surface area contributed by atoms with Gasteiger partial charge in [-0.3, -0.25) is 9.89 Å². The van der Waals surface area contributed by atoms with Gasteiger partial charge < -0.3 is 5.32 Å². The van der Waals surface area contributed by atoms with Crippen molar-refractivity contribution in [1.29, 1.82) is 0 Å². The molecule has 2 aromatic rings. The Morgan fingerprint density at radius 1 is 1.40 bits per heavy atom. The molecule has 2 heterocycles. The van der Waals surface area contributed by atoms with Crippen LogP contribution in [-0.2, 0) is 0 Å². The van der Waals surface area contributed by atoms with Crippen molar-refractivity contribution in [3.05, 3.63) is 40.8 Å². The van der Waals surface area contributed by atoms with Crippen LogP contribution in [0.2, 0.25) is 0 Å². The third-order valence-corrected chi connectivity index (χ3v) is 2.20. The number of aromatic amines is 1. The van der Waals surface area contributed by atoms with E-state index in [9.17, 15) is 4.79 Å². The SMILES string of the molecule is O=C(Nc1cc(Br)ccn1)c1ccn[nH]1. The first-order chi connectivity index (χ1) is 7.25. The molecule has 0 saturated carbocycles. The van der Waals surface area contributed by atoms with E-state index in [0.717, 1.165) is 4.47 Å². The van der Waals surface area contributed by atoms with Crippen molar-refractivity contribution in [2.24, 2.45) is 0 Å². The summed E-state index contributed by atoms with van der Waals surface area (Å²) in [7, 11) is 0. The fourth-order valence-corrected chi connectivity index (χ4v) is 1.37. The van der Waals surface area contributed by atoms with E-state index in [1.54, 1.807) is 24.4 Å². The Morgan fingerprint density at radius 3 is 2.93 bits per heavy atom. The molecule has 0 aliphatic heterocycles. The lowest BCUT2D eigenvalue weighted by atomic mass is 10.4. The van der Waals surface area contributed by atoms with Crippen molar-refractivity contribution in [1.82, 2.24) is 15.2 Å². The second-order valence-electron chi connectivity index (χ2n) is 2.78. The van der Waals surface area contributed by atoms with Crippen LogP contribution in [0, 0.1) is 0 Å². The number of hydrogen-bond acceptors (Lipinski definition) is 3. The molecule has 6 heteroatoms. The molecule has 2 N–H and O–H groups in total. The summed E-state index contributed by atoms with van der Waals surface area (Å²) in [6.07, 6.45) is 3.12. The van der Waals surface area contributed by atoms with Crippen molar-refractivity contribution < 1.29 is 4.79 Å². The van der Waals surface area contributed by atoms with Crippen LogP contribution in [0.15, 0.2) is 35.1 Å². The van der Waals surface area contributed by atoms with Gasteiger partial charge in [-0.25, -0.2) is 4.98 Å². The smallest absolute Gasteiger partial charge is 0.274 e. The van der Waals surface area contributed by atoms with Crippen molar-refractivity contribution in [2.45, 2.75) is 0 Å². The number of nitrogens with zero attached hydrogens (tertiary/aromatic N) is 2. The zero-order chi connectivity index (χ0) is 10.7. The van der Waals surface area contributed by atoms with E-state index >= 15 is 0 Å². The molecule has 2 rings (SSSR count). The number of amides is 1. The molecule has 1 amide bonds. The van der Waals surface area contributed by atoms with E-state index in [4.69, 9.17) is 0 Å². The van der Waals surface area contributed by atoms with Gasteiger partial charge in [-0.1, -0.05) is 15.9 Å². The minimum Gasteiger partial charge on any atom is -0.305 e. The second-order valence-corrected chi connectivity index (χ2v) is 3.70. The zero-order valence-electron chi connectivity index (χ0n) is 7.57. The summed E-state index contributed by atoms with van der Waals surface area (Å²) >= 11 is 3.29. The normalized spacial score (nSPS) is 9.93. The first-order valence-corrected chi connectivity index (χ1v) is 4.97. The lowest BCUT2D eigenvalue weighted by molar-refractivity contribution is 0.102. The monoisotopic (exact) mass is 266 g/mol. The maximum absolute atomic E-state index is 11.5. The van der Waals surface area contributed by atoms with Gasteiger partial charge in [0.05, 0.1) is 0 Å². The fraction of sp³-hybridized carbons (Fsp3) is 0. The van der Waals surface area contributed by atoms with Crippen molar-refractivity contribution in [3.8, 4) is 0 Å². The predicted molar refractivity (Wildman–Crippen MR) is 58.5 cm³/mol. The maximum Gasteiger partial charge on any atom is 0.274 e. The van der Waals surface area contributed by atoms with Gasteiger partial charge in [-0.05, 0) is 18.2 Å². The summed E-state index contributed by atoms with van der Waals surface area (Å²) in [6.45, 7) is 0. The first kappa shape index (κ1) is 9.85. The van der Waals surface area contributed by atoms with E-state index in [-0.39, 0.29) is 5.91 Å². The molecule has 76 valence electrons. The Morgan fingerprint density at radius 2 is 2.27 bits per heavy atom. The molecule has 0 aromatic carbocycles. The van der Waals surface area contributed by atoms with Gasteiger partial charge in [0.2, 0.25) is 0 Å². The topological polar surface area (TPSA) is 70.7 Å². The van der Waals surface area contributed by atoms with E-state index in [1.807, 2.05) is 0 Å². The highest BCUT2D eigenvalue weighted by molar-refractivity contribution is 9.10. The molecule has 0 aliphatic rings. The van der Waals surface area contributed by atoms with Crippen LogP contribution in [0.3, 0.4) is 0 Å². The van der Waals surface area contributed by atoms with Crippen LogP contribution < -0.4 is 5.32 Å². The number of rotatable bonds is 2. The summed E-state index contributed by atoms with van der Waals surface area (Å²) in [5.74, 6) is 0.224. The lowest BCUT2D eigenvalue weighted by Gasteiger charge is -2.01. The van der Waals surface area contributed by atoms with Crippen molar-refractivity contribution >= 4 is 27.7 Å². The summed E-state index contributed by atoms with van der Waals surface area (Å²) < 4.78 is 0.859. The quantitative estimate of drug-likeness (QED) is 0.871. The maximum atomic E-state index is 11.5. The molecule has 0 atom stereocenters.